The molecular weight excluding hydrogens is 334 g/mol. The van der Waals surface area contributed by atoms with Crippen molar-refractivity contribution in [2.24, 2.45) is 0 Å². The van der Waals surface area contributed by atoms with E-state index in [-0.39, 0.29) is 37.0 Å². The van der Waals surface area contributed by atoms with E-state index in [0.29, 0.717) is 25.3 Å². The Morgan fingerprint density at radius 1 is 1.38 bits per heavy atom. The highest BCUT2D eigenvalue weighted by atomic mass is 32.2. The fourth-order valence-electron chi connectivity index (χ4n) is 3.15. The fraction of sp³-hybridized carbons (Fsp3) is 0.600. The largest absolute Gasteiger partial charge is 0.383 e. The van der Waals surface area contributed by atoms with Crippen LogP contribution in [0.1, 0.15) is 10.4 Å². The highest BCUT2D eigenvalue weighted by molar-refractivity contribution is 7.89. The third kappa shape index (κ3) is 3.44. The van der Waals surface area contributed by atoms with Crippen molar-refractivity contribution in [3.05, 3.63) is 30.1 Å². The molecule has 3 rings (SSSR count). The first-order chi connectivity index (χ1) is 11.5. The zero-order chi connectivity index (χ0) is 17.2. The Hall–Kier alpha value is -1.55. The lowest BCUT2D eigenvalue weighted by Crippen LogP contribution is -2.47. The van der Waals surface area contributed by atoms with Crippen LogP contribution in [0.25, 0.3) is 0 Å². The molecule has 2 fully saturated rings. The van der Waals surface area contributed by atoms with Crippen LogP contribution in [-0.2, 0) is 19.5 Å². The minimum Gasteiger partial charge on any atom is -0.383 e. The van der Waals surface area contributed by atoms with Crippen LogP contribution in [0.2, 0.25) is 0 Å². The maximum Gasteiger partial charge on any atom is 0.254 e. The van der Waals surface area contributed by atoms with Crippen molar-refractivity contribution >= 4 is 15.9 Å². The zero-order valence-corrected chi connectivity index (χ0v) is 14.3. The van der Waals surface area contributed by atoms with Gasteiger partial charge in [-0.15, -0.1) is 0 Å². The normalized spacial score (nSPS) is 26.8. The predicted octanol–water partition coefficient (Wildman–Crippen LogP) is -0.417. The highest BCUT2D eigenvalue weighted by Gasteiger charge is 2.45. The van der Waals surface area contributed by atoms with Gasteiger partial charge in [0, 0.05) is 44.7 Å². The van der Waals surface area contributed by atoms with Gasteiger partial charge in [0.15, 0.2) is 0 Å². The van der Waals surface area contributed by atoms with Crippen LogP contribution in [0.5, 0.6) is 0 Å². The smallest absolute Gasteiger partial charge is 0.254 e. The molecule has 0 unspecified atom stereocenters. The Bertz CT molecular complexity index is 682. The lowest BCUT2D eigenvalue weighted by atomic mass is 10.2. The van der Waals surface area contributed by atoms with Crippen molar-refractivity contribution in [1.82, 2.24) is 14.2 Å². The van der Waals surface area contributed by atoms with Crippen molar-refractivity contribution in [3.8, 4) is 0 Å². The number of sulfonamides is 1. The summed E-state index contributed by atoms with van der Waals surface area (Å²) >= 11 is 0. The lowest BCUT2D eigenvalue weighted by molar-refractivity contribution is 0.0421. The minimum atomic E-state index is -3.42. The standard InChI is InChI=1S/C15H21N3O5S/c1-22-7-6-18-13-10-17(15(19)12-2-4-16-5-3-12)11-14(13)23-8-9-24(18,20)21/h2-5,13-14H,6-11H2,1H3/t13-,14+/m1/s1. The van der Waals surface area contributed by atoms with E-state index in [2.05, 4.69) is 4.98 Å². The Morgan fingerprint density at radius 3 is 2.83 bits per heavy atom. The van der Waals surface area contributed by atoms with Crippen molar-refractivity contribution < 1.29 is 22.7 Å². The Kier molecular flexibility index (Phi) is 5.14. The van der Waals surface area contributed by atoms with Gasteiger partial charge in [-0.2, -0.15) is 4.31 Å². The van der Waals surface area contributed by atoms with Crippen LogP contribution < -0.4 is 0 Å². The summed E-state index contributed by atoms with van der Waals surface area (Å²) in [5, 5.41) is 0. The molecule has 0 radical (unpaired) electrons. The number of hydrogen-bond donors (Lipinski definition) is 0. The summed E-state index contributed by atoms with van der Waals surface area (Å²) < 4.78 is 37.1. The summed E-state index contributed by atoms with van der Waals surface area (Å²) in [6.45, 7) is 1.41. The molecular formula is C15H21N3O5S. The molecule has 2 aliphatic heterocycles. The summed E-state index contributed by atoms with van der Waals surface area (Å²) in [5.74, 6) is -0.180. The molecule has 0 aliphatic carbocycles. The number of carbonyl (C=O) groups excluding carboxylic acids is 1. The molecule has 2 saturated heterocycles. The molecule has 3 heterocycles. The number of fused-ring (bicyclic) bond motifs is 1. The molecule has 2 aliphatic rings. The van der Waals surface area contributed by atoms with Crippen LogP contribution in [0.4, 0.5) is 0 Å². The first-order valence-corrected chi connectivity index (χ1v) is 9.43. The van der Waals surface area contributed by atoms with Crippen LogP contribution in [0.15, 0.2) is 24.5 Å². The molecule has 0 N–H and O–H groups in total. The number of likely N-dealkylation sites (tertiary alicyclic amines) is 1. The predicted molar refractivity (Wildman–Crippen MR) is 86.0 cm³/mol. The van der Waals surface area contributed by atoms with Crippen LogP contribution in [0, 0.1) is 0 Å². The summed E-state index contributed by atoms with van der Waals surface area (Å²) in [7, 11) is -1.89. The van der Waals surface area contributed by atoms with E-state index in [0.717, 1.165) is 0 Å². The van der Waals surface area contributed by atoms with E-state index in [1.165, 1.54) is 11.4 Å². The Morgan fingerprint density at radius 2 is 2.12 bits per heavy atom. The van der Waals surface area contributed by atoms with Gasteiger partial charge in [0.25, 0.3) is 5.91 Å². The zero-order valence-electron chi connectivity index (χ0n) is 13.5. The van der Waals surface area contributed by atoms with Crippen LogP contribution >= 0.6 is 0 Å². The number of ether oxygens (including phenoxy) is 2. The maximum absolute atomic E-state index is 12.6. The Labute approximate surface area is 141 Å². The topological polar surface area (TPSA) is 89.0 Å². The molecule has 1 aromatic rings. The second-order valence-corrected chi connectivity index (χ2v) is 7.88. The van der Waals surface area contributed by atoms with Gasteiger partial charge in [0.1, 0.15) is 0 Å². The molecule has 0 spiro atoms. The molecule has 1 aromatic heterocycles. The number of rotatable bonds is 4. The second kappa shape index (κ2) is 7.14. The first-order valence-electron chi connectivity index (χ1n) is 7.82. The third-order valence-electron chi connectivity index (χ3n) is 4.37. The van der Waals surface area contributed by atoms with Gasteiger partial charge in [-0.3, -0.25) is 9.78 Å². The summed E-state index contributed by atoms with van der Waals surface area (Å²) in [6.07, 6.45) is 2.81. The summed E-state index contributed by atoms with van der Waals surface area (Å²) in [4.78, 5) is 18.2. The lowest BCUT2D eigenvalue weighted by Gasteiger charge is -2.27. The number of aromatic nitrogens is 1. The highest BCUT2D eigenvalue weighted by Crippen LogP contribution is 2.26. The molecule has 0 bridgehead atoms. The van der Waals surface area contributed by atoms with Gasteiger partial charge in [0.05, 0.1) is 31.1 Å². The van der Waals surface area contributed by atoms with E-state index in [9.17, 15) is 13.2 Å². The van der Waals surface area contributed by atoms with Gasteiger partial charge in [-0.05, 0) is 12.1 Å². The summed E-state index contributed by atoms with van der Waals surface area (Å²) in [6, 6.07) is 2.92. The number of methoxy groups -OCH3 is 1. The number of amides is 1. The molecule has 132 valence electrons. The number of hydrogen-bond acceptors (Lipinski definition) is 6. The molecule has 9 heteroatoms. The van der Waals surface area contributed by atoms with Gasteiger partial charge < -0.3 is 14.4 Å². The first kappa shape index (κ1) is 17.3. The molecule has 2 atom stereocenters. The molecule has 1 amide bonds. The monoisotopic (exact) mass is 355 g/mol. The molecule has 8 nitrogen and oxygen atoms in total. The molecule has 0 aromatic carbocycles. The number of pyridine rings is 1. The third-order valence-corrected chi connectivity index (χ3v) is 6.22. The molecule has 24 heavy (non-hydrogen) atoms. The number of carbonyl (C=O) groups is 1. The van der Waals surface area contributed by atoms with Crippen molar-refractivity contribution in [1.29, 1.82) is 0 Å². The van der Waals surface area contributed by atoms with Gasteiger partial charge >= 0.3 is 0 Å². The van der Waals surface area contributed by atoms with Gasteiger partial charge in [-0.1, -0.05) is 0 Å². The van der Waals surface area contributed by atoms with Crippen molar-refractivity contribution in [3.63, 3.8) is 0 Å². The van der Waals surface area contributed by atoms with E-state index in [1.807, 2.05) is 0 Å². The quantitative estimate of drug-likeness (QED) is 0.729. The second-order valence-electron chi connectivity index (χ2n) is 5.84. The average Bonchev–Trinajstić information content (AvgIpc) is 2.94. The van der Waals surface area contributed by atoms with Crippen LogP contribution in [-0.4, -0.2) is 86.4 Å². The van der Waals surface area contributed by atoms with Gasteiger partial charge in [-0.25, -0.2) is 8.42 Å². The summed E-state index contributed by atoms with van der Waals surface area (Å²) in [5.41, 5.74) is 0.535. The minimum absolute atomic E-state index is 0.0397. The fourth-order valence-corrected chi connectivity index (χ4v) is 4.66. The van der Waals surface area contributed by atoms with Gasteiger partial charge in [0.2, 0.25) is 10.0 Å². The molecule has 0 saturated carbocycles. The van der Waals surface area contributed by atoms with E-state index < -0.39 is 10.0 Å². The number of nitrogens with zero attached hydrogens (tertiary/aromatic N) is 3. The van der Waals surface area contributed by atoms with Crippen molar-refractivity contribution in [2.45, 2.75) is 12.1 Å². The SMILES string of the molecule is COCCN1[C@@H]2CN(C(=O)c3ccncc3)C[C@@H]2OCCS1(=O)=O. The maximum atomic E-state index is 12.6. The Balaban J connectivity index is 1.80. The van der Waals surface area contributed by atoms with E-state index in [1.54, 1.807) is 29.4 Å². The van der Waals surface area contributed by atoms with Crippen molar-refractivity contribution in [2.75, 3.05) is 45.7 Å². The van der Waals surface area contributed by atoms with E-state index in [4.69, 9.17) is 9.47 Å². The van der Waals surface area contributed by atoms with Crippen LogP contribution in [0.3, 0.4) is 0 Å². The van der Waals surface area contributed by atoms with E-state index >= 15 is 0 Å². The average molecular weight is 355 g/mol.